The third kappa shape index (κ3) is 5.73. The van der Waals surface area contributed by atoms with E-state index in [1.165, 1.54) is 12.1 Å². The number of carbonyl (C=O) groups is 1. The number of aromatic nitrogens is 3. The van der Waals surface area contributed by atoms with Crippen molar-refractivity contribution >= 4 is 50.7 Å². The van der Waals surface area contributed by atoms with Crippen LogP contribution in [0.2, 0.25) is 5.02 Å². The summed E-state index contributed by atoms with van der Waals surface area (Å²) in [5.41, 5.74) is 1.71. The quantitative estimate of drug-likeness (QED) is 0.252. The molecule has 2 N–H and O–H groups in total. The van der Waals surface area contributed by atoms with E-state index in [2.05, 4.69) is 31.7 Å². The van der Waals surface area contributed by atoms with Crippen LogP contribution in [0.3, 0.4) is 0 Å². The number of alkyl halides is 3. The zero-order valence-corrected chi connectivity index (χ0v) is 22.3. The third-order valence-electron chi connectivity index (χ3n) is 6.42. The van der Waals surface area contributed by atoms with Gasteiger partial charge in [-0.3, -0.25) is 0 Å². The first-order chi connectivity index (χ1) is 18.2. The number of carbonyl (C=O) groups excluding carboxylic acids is 1. The van der Waals surface area contributed by atoms with Crippen LogP contribution in [0.5, 0.6) is 0 Å². The summed E-state index contributed by atoms with van der Waals surface area (Å²) in [6, 6.07) is 13.5. The summed E-state index contributed by atoms with van der Waals surface area (Å²) in [4.78, 5) is 19.2. The van der Waals surface area contributed by atoms with Crippen LogP contribution in [0, 0.1) is 5.92 Å². The van der Waals surface area contributed by atoms with Crippen molar-refractivity contribution in [2.24, 2.45) is 5.92 Å². The van der Waals surface area contributed by atoms with Gasteiger partial charge in [-0.1, -0.05) is 29.8 Å². The zero-order chi connectivity index (χ0) is 26.9. The van der Waals surface area contributed by atoms with Gasteiger partial charge in [0.2, 0.25) is 0 Å². The molecule has 3 heterocycles. The number of amides is 2. The molecule has 198 valence electrons. The van der Waals surface area contributed by atoms with Crippen molar-refractivity contribution in [2.75, 3.05) is 30.3 Å². The molecule has 0 spiro atoms. The predicted molar refractivity (Wildman–Crippen MR) is 144 cm³/mol. The first kappa shape index (κ1) is 26.3. The fourth-order valence-corrected chi connectivity index (χ4v) is 5.06. The smallest absolute Gasteiger partial charge is 0.370 e. The maximum atomic E-state index is 12.8. The summed E-state index contributed by atoms with van der Waals surface area (Å²) in [7, 11) is 0. The van der Waals surface area contributed by atoms with Gasteiger partial charge in [0, 0.05) is 42.0 Å². The molecule has 0 saturated carbocycles. The highest BCUT2D eigenvalue weighted by Crippen LogP contribution is 2.31. The van der Waals surface area contributed by atoms with Gasteiger partial charge in [0.15, 0.2) is 5.65 Å². The largest absolute Gasteiger partial charge is 0.416 e. The van der Waals surface area contributed by atoms with Gasteiger partial charge in [-0.15, -0.1) is 0 Å². The van der Waals surface area contributed by atoms with Crippen molar-refractivity contribution in [3.8, 4) is 11.3 Å². The summed E-state index contributed by atoms with van der Waals surface area (Å²) in [5, 5.41) is 11.2. The van der Waals surface area contributed by atoms with E-state index in [9.17, 15) is 18.0 Å². The van der Waals surface area contributed by atoms with E-state index < -0.39 is 11.7 Å². The van der Waals surface area contributed by atoms with Gasteiger partial charge in [-0.05, 0) is 65.0 Å². The number of fused-ring (bicyclic) bond motifs is 1. The van der Waals surface area contributed by atoms with Gasteiger partial charge in [0.25, 0.3) is 0 Å². The van der Waals surface area contributed by atoms with Crippen LogP contribution >= 0.6 is 27.5 Å². The molecule has 1 atom stereocenters. The van der Waals surface area contributed by atoms with Crippen LogP contribution in [0.15, 0.2) is 65.3 Å². The minimum absolute atomic E-state index is 0.160. The van der Waals surface area contributed by atoms with Gasteiger partial charge >= 0.3 is 12.2 Å². The molecular weight excluding hydrogens is 585 g/mol. The summed E-state index contributed by atoms with van der Waals surface area (Å²) in [5.74, 6) is 0.898. The minimum atomic E-state index is -4.42. The number of nitrogens with zero attached hydrogens (tertiary/aromatic N) is 4. The maximum absolute atomic E-state index is 12.8. The molecule has 1 aliphatic heterocycles. The molecule has 5 rings (SSSR count). The van der Waals surface area contributed by atoms with Crippen LogP contribution in [-0.2, 0) is 6.18 Å². The fraction of sp³-hybridized carbons (Fsp3) is 0.269. The predicted octanol–water partition coefficient (Wildman–Crippen LogP) is 7.19. The average molecular weight is 608 g/mol. The van der Waals surface area contributed by atoms with E-state index in [0.717, 1.165) is 40.8 Å². The van der Waals surface area contributed by atoms with E-state index in [1.54, 1.807) is 15.6 Å². The molecule has 2 amide bonds. The Morgan fingerprint density at radius 3 is 2.66 bits per heavy atom. The Morgan fingerprint density at radius 2 is 1.92 bits per heavy atom. The highest BCUT2D eigenvalue weighted by molar-refractivity contribution is 9.10. The van der Waals surface area contributed by atoms with Gasteiger partial charge < -0.3 is 15.5 Å². The van der Waals surface area contributed by atoms with Crippen molar-refractivity contribution in [3.05, 3.63) is 75.9 Å². The van der Waals surface area contributed by atoms with Crippen LogP contribution < -0.4 is 10.6 Å². The number of anilines is 2. The first-order valence-corrected chi connectivity index (χ1v) is 13.1. The normalized spacial score (nSPS) is 16.0. The SMILES string of the molecule is O=C(Nc1ccc(C(F)(F)F)cc1)N1CCCC(CNc2cc(-c3ccccc3Cl)nc3c(Br)cnn23)C1. The van der Waals surface area contributed by atoms with E-state index in [4.69, 9.17) is 16.6 Å². The Morgan fingerprint density at radius 1 is 1.16 bits per heavy atom. The monoisotopic (exact) mass is 606 g/mol. The number of urea groups is 1. The molecule has 7 nitrogen and oxygen atoms in total. The Kier molecular flexibility index (Phi) is 7.49. The summed E-state index contributed by atoms with van der Waals surface area (Å²) in [6.07, 6.45) is -1.00. The standard InChI is InChI=1S/C26H23BrClF3N6O/c27-20-14-33-37-23(12-22(35-24(20)37)19-5-1-2-6-21(19)28)32-13-16-4-3-11-36(15-16)25(38)34-18-9-7-17(8-10-18)26(29,30)31/h1-2,5-10,12,14,16,32H,3-4,11,13,15H2,(H,34,38). The molecule has 1 aliphatic rings. The highest BCUT2D eigenvalue weighted by Gasteiger charge is 2.30. The van der Waals surface area contributed by atoms with Gasteiger partial charge in [-0.2, -0.15) is 22.8 Å². The Bertz CT molecular complexity index is 1460. The van der Waals surface area contributed by atoms with Crippen molar-refractivity contribution in [1.29, 1.82) is 0 Å². The molecule has 0 bridgehead atoms. The van der Waals surface area contributed by atoms with Crippen molar-refractivity contribution < 1.29 is 18.0 Å². The lowest BCUT2D eigenvalue weighted by atomic mass is 9.98. The van der Waals surface area contributed by atoms with E-state index in [1.807, 2.05) is 30.3 Å². The summed E-state index contributed by atoms with van der Waals surface area (Å²) < 4.78 is 40.9. The van der Waals surface area contributed by atoms with Crippen molar-refractivity contribution in [3.63, 3.8) is 0 Å². The molecule has 1 fully saturated rings. The molecule has 0 aliphatic carbocycles. The van der Waals surface area contributed by atoms with Crippen LogP contribution in [-0.4, -0.2) is 45.2 Å². The topological polar surface area (TPSA) is 74.6 Å². The van der Waals surface area contributed by atoms with Gasteiger partial charge in [0.1, 0.15) is 5.82 Å². The number of benzene rings is 2. The summed E-state index contributed by atoms with van der Waals surface area (Å²) in [6.45, 7) is 1.67. The van der Waals surface area contributed by atoms with Gasteiger partial charge in [0.05, 0.1) is 21.9 Å². The number of nitrogens with one attached hydrogen (secondary N) is 2. The van der Waals surface area contributed by atoms with Crippen LogP contribution in [0.4, 0.5) is 29.5 Å². The Hall–Kier alpha value is -3.31. The van der Waals surface area contributed by atoms with Crippen LogP contribution in [0.25, 0.3) is 16.9 Å². The summed E-state index contributed by atoms with van der Waals surface area (Å²) >= 11 is 9.92. The molecule has 1 unspecified atom stereocenters. The van der Waals surface area contributed by atoms with Crippen molar-refractivity contribution in [1.82, 2.24) is 19.5 Å². The number of piperidine rings is 1. The first-order valence-electron chi connectivity index (χ1n) is 12.0. The second-order valence-electron chi connectivity index (χ2n) is 9.07. The van der Waals surface area contributed by atoms with Gasteiger partial charge in [-0.25, -0.2) is 9.78 Å². The second kappa shape index (κ2) is 10.8. The number of rotatable bonds is 5. The lowest BCUT2D eigenvalue weighted by Gasteiger charge is -2.33. The molecule has 38 heavy (non-hydrogen) atoms. The zero-order valence-electron chi connectivity index (χ0n) is 20.0. The number of hydrogen-bond donors (Lipinski definition) is 2. The Labute approximate surface area is 230 Å². The average Bonchev–Trinajstić information content (AvgIpc) is 3.28. The van der Waals surface area contributed by atoms with E-state index in [-0.39, 0.29) is 11.9 Å². The third-order valence-corrected chi connectivity index (χ3v) is 7.31. The molecule has 4 aromatic rings. The van der Waals surface area contributed by atoms with E-state index in [0.29, 0.717) is 41.7 Å². The minimum Gasteiger partial charge on any atom is -0.370 e. The number of likely N-dealkylation sites (tertiary alicyclic amines) is 1. The molecule has 2 aromatic heterocycles. The molecule has 1 saturated heterocycles. The number of halogens is 5. The lowest BCUT2D eigenvalue weighted by Crippen LogP contribution is -2.44. The maximum Gasteiger partial charge on any atom is 0.416 e. The Balaban J connectivity index is 1.27. The lowest BCUT2D eigenvalue weighted by molar-refractivity contribution is -0.137. The molecule has 12 heteroatoms. The number of hydrogen-bond acceptors (Lipinski definition) is 4. The van der Waals surface area contributed by atoms with E-state index >= 15 is 0 Å². The van der Waals surface area contributed by atoms with Crippen molar-refractivity contribution in [2.45, 2.75) is 19.0 Å². The fourth-order valence-electron chi connectivity index (χ4n) is 4.48. The molecule has 0 radical (unpaired) electrons. The highest BCUT2D eigenvalue weighted by atomic mass is 79.9. The molecule has 2 aromatic carbocycles. The molecular formula is C26H23BrClF3N6O. The van der Waals surface area contributed by atoms with Crippen LogP contribution in [0.1, 0.15) is 18.4 Å². The second-order valence-corrected chi connectivity index (χ2v) is 10.3.